The summed E-state index contributed by atoms with van der Waals surface area (Å²) in [4.78, 5) is 27.3. The Balaban J connectivity index is 1.24. The lowest BCUT2D eigenvalue weighted by Crippen LogP contribution is -2.46. The minimum absolute atomic E-state index is 0.393. The van der Waals surface area contributed by atoms with E-state index in [0.29, 0.717) is 23.1 Å². The topological polar surface area (TPSA) is 86.5 Å². The van der Waals surface area contributed by atoms with Gasteiger partial charge in [-0.3, -0.25) is 4.90 Å². The van der Waals surface area contributed by atoms with Gasteiger partial charge in [-0.1, -0.05) is 41.7 Å². The van der Waals surface area contributed by atoms with Crippen LogP contribution in [0, 0.1) is 13.5 Å². The van der Waals surface area contributed by atoms with Gasteiger partial charge < -0.3 is 15.5 Å². The molecule has 0 atom stereocenters. The van der Waals surface area contributed by atoms with Crippen LogP contribution in [0.3, 0.4) is 0 Å². The third-order valence-corrected chi connectivity index (χ3v) is 7.27. The molecule has 0 aliphatic carbocycles. The maximum atomic E-state index is 7.51. The summed E-state index contributed by atoms with van der Waals surface area (Å²) < 4.78 is 0. The van der Waals surface area contributed by atoms with E-state index < -0.39 is 0 Å². The number of benzene rings is 1. The minimum Gasteiger partial charge on any atom is -0.368 e. The summed E-state index contributed by atoms with van der Waals surface area (Å²) in [6, 6.07) is 14.6. The molecule has 0 bridgehead atoms. The zero-order valence-corrected chi connectivity index (χ0v) is 21.1. The molecule has 1 aromatic carbocycles. The number of piperazine rings is 1. The van der Waals surface area contributed by atoms with Crippen molar-refractivity contribution in [2.45, 2.75) is 13.5 Å². The molecule has 1 saturated heterocycles. The van der Waals surface area contributed by atoms with Crippen LogP contribution in [0.2, 0.25) is 0 Å². The second-order valence-corrected chi connectivity index (χ2v) is 9.50. The van der Waals surface area contributed by atoms with Gasteiger partial charge in [0.2, 0.25) is 11.6 Å². The average Bonchev–Trinajstić information content (AvgIpc) is 3.30. The van der Waals surface area contributed by atoms with Gasteiger partial charge in [0, 0.05) is 46.0 Å². The molecule has 0 amide bonds. The SMILES string of the molecule is [C-]#[N+]c1cnc(Nc2ccc(N3CCN(Cc4ccccc4)CC3)cn2)nc1-c1sc(NC)nc1C. The number of aryl methyl sites for hydroxylation is 1. The van der Waals surface area contributed by atoms with Gasteiger partial charge in [0.15, 0.2) is 5.13 Å². The van der Waals surface area contributed by atoms with E-state index in [9.17, 15) is 0 Å². The molecule has 4 heterocycles. The van der Waals surface area contributed by atoms with E-state index >= 15 is 0 Å². The number of anilines is 4. The quantitative estimate of drug-likeness (QED) is 0.347. The van der Waals surface area contributed by atoms with Crippen LogP contribution in [0.5, 0.6) is 0 Å². The van der Waals surface area contributed by atoms with Crippen molar-refractivity contribution in [1.29, 1.82) is 0 Å². The first-order chi connectivity index (χ1) is 17.6. The zero-order chi connectivity index (χ0) is 24.9. The fourth-order valence-corrected chi connectivity index (χ4v) is 5.09. The highest BCUT2D eigenvalue weighted by Gasteiger charge is 2.19. The lowest BCUT2D eigenvalue weighted by molar-refractivity contribution is 0.250. The molecule has 4 aromatic rings. The number of aromatic nitrogens is 4. The lowest BCUT2D eigenvalue weighted by Gasteiger charge is -2.36. The fourth-order valence-electron chi connectivity index (χ4n) is 4.18. The Labute approximate surface area is 214 Å². The van der Waals surface area contributed by atoms with Crippen LogP contribution in [0.25, 0.3) is 15.4 Å². The number of hydrogen-bond acceptors (Lipinski definition) is 9. The van der Waals surface area contributed by atoms with Crippen LogP contribution < -0.4 is 15.5 Å². The van der Waals surface area contributed by atoms with Gasteiger partial charge in [-0.15, -0.1) is 0 Å². The Hall–Kier alpha value is -4.07. The molecule has 0 saturated carbocycles. The molecule has 5 rings (SSSR count). The van der Waals surface area contributed by atoms with Crippen LogP contribution in [0.1, 0.15) is 11.3 Å². The summed E-state index contributed by atoms with van der Waals surface area (Å²) in [7, 11) is 1.82. The third kappa shape index (κ3) is 5.27. The standard InChI is InChI=1S/C26H27N9S/c1-18-24(36-26(28-3)31-18)23-21(27-2)16-30-25(33-23)32-22-10-9-20(15-29-22)35-13-11-34(12-14-35)17-19-7-5-4-6-8-19/h4-10,15-16H,11-14,17H2,1,3H3,(H,28,31)(H,29,30,32,33). The van der Waals surface area contributed by atoms with Crippen LogP contribution >= 0.6 is 11.3 Å². The van der Waals surface area contributed by atoms with E-state index in [1.807, 2.05) is 26.2 Å². The Morgan fingerprint density at radius 1 is 1.00 bits per heavy atom. The molecule has 2 N–H and O–H groups in total. The molecule has 1 aliphatic rings. The third-order valence-electron chi connectivity index (χ3n) is 6.09. The summed E-state index contributed by atoms with van der Waals surface area (Å²) in [6.07, 6.45) is 3.43. The Kier molecular flexibility index (Phi) is 7.02. The predicted octanol–water partition coefficient (Wildman–Crippen LogP) is 4.96. The van der Waals surface area contributed by atoms with Gasteiger partial charge >= 0.3 is 0 Å². The van der Waals surface area contributed by atoms with Crippen molar-refractivity contribution in [2.24, 2.45) is 0 Å². The number of pyridine rings is 1. The van der Waals surface area contributed by atoms with Gasteiger partial charge in [-0.2, -0.15) is 0 Å². The van der Waals surface area contributed by atoms with Crippen LogP contribution in [-0.4, -0.2) is 58.1 Å². The summed E-state index contributed by atoms with van der Waals surface area (Å²) in [5.41, 5.74) is 4.24. The highest BCUT2D eigenvalue weighted by Crippen LogP contribution is 2.37. The molecule has 10 heteroatoms. The van der Waals surface area contributed by atoms with Gasteiger partial charge in [0.05, 0.1) is 34.7 Å². The van der Waals surface area contributed by atoms with Gasteiger partial charge in [0.25, 0.3) is 0 Å². The molecule has 3 aromatic heterocycles. The second-order valence-electron chi connectivity index (χ2n) is 8.50. The second kappa shape index (κ2) is 10.7. The zero-order valence-electron chi connectivity index (χ0n) is 20.3. The smallest absolute Gasteiger partial charge is 0.231 e. The van der Waals surface area contributed by atoms with E-state index in [0.717, 1.165) is 54.1 Å². The van der Waals surface area contributed by atoms with Crippen molar-refractivity contribution in [1.82, 2.24) is 24.8 Å². The summed E-state index contributed by atoms with van der Waals surface area (Å²) in [6.45, 7) is 14.4. The average molecular weight is 498 g/mol. The number of rotatable bonds is 7. The molecule has 0 spiro atoms. The van der Waals surface area contributed by atoms with Crippen LogP contribution in [0.4, 0.5) is 28.3 Å². The van der Waals surface area contributed by atoms with E-state index in [2.05, 4.69) is 81.6 Å². The van der Waals surface area contributed by atoms with Crippen LogP contribution in [0.15, 0.2) is 54.9 Å². The fraction of sp³-hybridized carbons (Fsp3) is 0.269. The number of nitrogens with zero attached hydrogens (tertiary/aromatic N) is 7. The van der Waals surface area contributed by atoms with Crippen molar-refractivity contribution >= 4 is 39.6 Å². The minimum atomic E-state index is 0.393. The lowest BCUT2D eigenvalue weighted by atomic mass is 10.2. The van der Waals surface area contributed by atoms with Crippen molar-refractivity contribution < 1.29 is 0 Å². The maximum Gasteiger partial charge on any atom is 0.231 e. The Morgan fingerprint density at radius 3 is 2.47 bits per heavy atom. The molecule has 36 heavy (non-hydrogen) atoms. The largest absolute Gasteiger partial charge is 0.368 e. The Bertz CT molecular complexity index is 1350. The van der Waals surface area contributed by atoms with Gasteiger partial charge in [-0.05, 0) is 24.6 Å². The normalized spacial score (nSPS) is 13.9. The highest BCUT2D eigenvalue weighted by atomic mass is 32.1. The highest BCUT2D eigenvalue weighted by molar-refractivity contribution is 7.19. The van der Waals surface area contributed by atoms with Crippen molar-refractivity contribution in [3.8, 4) is 10.6 Å². The van der Waals surface area contributed by atoms with Crippen molar-refractivity contribution in [3.63, 3.8) is 0 Å². The van der Waals surface area contributed by atoms with E-state index in [1.165, 1.54) is 16.9 Å². The number of hydrogen-bond donors (Lipinski definition) is 2. The van der Waals surface area contributed by atoms with Gasteiger partial charge in [0.1, 0.15) is 5.82 Å². The predicted molar refractivity (Wildman–Crippen MR) is 145 cm³/mol. The monoisotopic (exact) mass is 497 g/mol. The Morgan fingerprint density at radius 2 is 1.81 bits per heavy atom. The van der Waals surface area contributed by atoms with Crippen molar-refractivity contribution in [2.75, 3.05) is 48.8 Å². The van der Waals surface area contributed by atoms with Crippen molar-refractivity contribution in [3.05, 3.63) is 77.5 Å². The summed E-state index contributed by atoms with van der Waals surface area (Å²) in [5, 5.41) is 7.01. The number of nitrogens with one attached hydrogen (secondary N) is 2. The summed E-state index contributed by atoms with van der Waals surface area (Å²) >= 11 is 1.47. The first kappa shape index (κ1) is 23.7. The molecular weight excluding hydrogens is 470 g/mol. The van der Waals surface area contributed by atoms with Crippen LogP contribution in [-0.2, 0) is 6.54 Å². The maximum absolute atomic E-state index is 7.51. The molecule has 1 aliphatic heterocycles. The molecule has 182 valence electrons. The number of thiazole rings is 1. The van der Waals surface area contributed by atoms with E-state index in [4.69, 9.17) is 6.57 Å². The molecule has 1 fully saturated rings. The molecule has 9 nitrogen and oxygen atoms in total. The first-order valence-corrected chi connectivity index (χ1v) is 12.6. The molecular formula is C26H27N9S. The summed E-state index contributed by atoms with van der Waals surface area (Å²) in [5.74, 6) is 1.05. The van der Waals surface area contributed by atoms with Gasteiger partial charge in [-0.25, -0.2) is 24.8 Å². The molecule has 0 radical (unpaired) electrons. The molecule has 0 unspecified atom stereocenters. The van der Waals surface area contributed by atoms with E-state index in [1.54, 1.807) is 6.20 Å². The van der Waals surface area contributed by atoms with E-state index in [-0.39, 0.29) is 0 Å². The first-order valence-electron chi connectivity index (χ1n) is 11.8.